The zero-order valence-electron chi connectivity index (χ0n) is 7.66. The van der Waals surface area contributed by atoms with Crippen LogP contribution in [0.4, 0.5) is 0 Å². The lowest BCUT2D eigenvalue weighted by atomic mass is 10.1. The van der Waals surface area contributed by atoms with E-state index < -0.39 is 10.0 Å². The van der Waals surface area contributed by atoms with Gasteiger partial charge in [-0.1, -0.05) is 6.42 Å². The van der Waals surface area contributed by atoms with Gasteiger partial charge in [-0.3, -0.25) is 0 Å². The van der Waals surface area contributed by atoms with Gasteiger partial charge < -0.3 is 0 Å². The molecule has 2 atom stereocenters. The molecule has 0 saturated heterocycles. The maximum absolute atomic E-state index is 11.2. The van der Waals surface area contributed by atoms with Gasteiger partial charge >= 0.3 is 0 Å². The summed E-state index contributed by atoms with van der Waals surface area (Å²) < 4.78 is 24.9. The van der Waals surface area contributed by atoms with Gasteiger partial charge in [0.05, 0.1) is 17.7 Å². The Labute approximate surface area is 79.0 Å². The minimum atomic E-state index is -3.15. The van der Waals surface area contributed by atoms with Crippen LogP contribution < -0.4 is 4.72 Å². The van der Waals surface area contributed by atoms with Crippen molar-refractivity contribution in [3.8, 4) is 6.07 Å². The maximum atomic E-state index is 11.2. The van der Waals surface area contributed by atoms with Gasteiger partial charge in [0.2, 0.25) is 10.0 Å². The first kappa shape index (κ1) is 10.5. The fraction of sp³-hybridized carbons (Fsp3) is 0.875. The third-order valence-electron chi connectivity index (χ3n) is 2.39. The Bertz CT molecular complexity index is 305. The molecule has 2 unspecified atom stereocenters. The van der Waals surface area contributed by atoms with Crippen LogP contribution >= 0.6 is 0 Å². The molecule has 5 heteroatoms. The van der Waals surface area contributed by atoms with E-state index in [1.54, 1.807) is 6.92 Å². The summed E-state index contributed by atoms with van der Waals surface area (Å²) >= 11 is 0. The number of hydrogen-bond acceptors (Lipinski definition) is 3. The second-order valence-corrected chi connectivity index (χ2v) is 5.34. The highest BCUT2D eigenvalue weighted by atomic mass is 32.2. The number of nitrogens with zero attached hydrogens (tertiary/aromatic N) is 1. The van der Waals surface area contributed by atoms with Gasteiger partial charge in [-0.15, -0.1) is 0 Å². The van der Waals surface area contributed by atoms with E-state index in [1.165, 1.54) is 0 Å². The van der Waals surface area contributed by atoms with E-state index in [9.17, 15) is 8.42 Å². The average molecular weight is 202 g/mol. The zero-order chi connectivity index (χ0) is 9.90. The number of nitrogens with one attached hydrogen (secondary N) is 1. The number of rotatable bonds is 3. The highest BCUT2D eigenvalue weighted by Gasteiger charge is 2.29. The minimum Gasteiger partial charge on any atom is -0.212 e. The molecule has 0 amide bonds. The van der Waals surface area contributed by atoms with Gasteiger partial charge in [0.1, 0.15) is 0 Å². The molecule has 0 bridgehead atoms. The van der Waals surface area contributed by atoms with Crippen molar-refractivity contribution in [3.05, 3.63) is 0 Å². The molecule has 4 nitrogen and oxygen atoms in total. The molecule has 74 valence electrons. The van der Waals surface area contributed by atoms with Crippen LogP contribution in [0.1, 0.15) is 26.2 Å². The van der Waals surface area contributed by atoms with Crippen molar-refractivity contribution in [2.75, 3.05) is 5.75 Å². The standard InChI is InChI=1S/C8H14N2O2S/c1-2-13(11,12)10-8-5-3-4-7(8)6-9/h7-8,10H,2-5H2,1H3. The molecular formula is C8H14N2O2S. The highest BCUT2D eigenvalue weighted by Crippen LogP contribution is 2.25. The van der Waals surface area contributed by atoms with Gasteiger partial charge in [-0.25, -0.2) is 13.1 Å². The molecule has 1 saturated carbocycles. The highest BCUT2D eigenvalue weighted by molar-refractivity contribution is 7.89. The summed E-state index contributed by atoms with van der Waals surface area (Å²) in [6.45, 7) is 1.60. The van der Waals surface area contributed by atoms with Crippen LogP contribution in [0.2, 0.25) is 0 Å². The van der Waals surface area contributed by atoms with E-state index in [2.05, 4.69) is 10.8 Å². The van der Waals surface area contributed by atoms with Crippen molar-refractivity contribution >= 4 is 10.0 Å². The number of sulfonamides is 1. The number of hydrogen-bond donors (Lipinski definition) is 1. The summed E-state index contributed by atoms with van der Waals surface area (Å²) in [6, 6.07) is 1.98. The lowest BCUT2D eigenvalue weighted by Gasteiger charge is -2.14. The Morgan fingerprint density at radius 1 is 1.54 bits per heavy atom. The lowest BCUT2D eigenvalue weighted by Crippen LogP contribution is -2.37. The Hall–Kier alpha value is -0.600. The topological polar surface area (TPSA) is 70.0 Å². The van der Waals surface area contributed by atoms with Crippen LogP contribution in [0.3, 0.4) is 0 Å². The maximum Gasteiger partial charge on any atom is 0.211 e. The Kier molecular flexibility index (Phi) is 3.28. The van der Waals surface area contributed by atoms with Crippen molar-refractivity contribution < 1.29 is 8.42 Å². The Balaban J connectivity index is 2.60. The first-order valence-electron chi connectivity index (χ1n) is 4.48. The molecule has 0 aromatic rings. The van der Waals surface area contributed by atoms with Gasteiger partial charge in [0.15, 0.2) is 0 Å². The molecule has 1 aliphatic carbocycles. The van der Waals surface area contributed by atoms with Crippen LogP contribution in [-0.4, -0.2) is 20.2 Å². The van der Waals surface area contributed by atoms with E-state index in [0.29, 0.717) is 0 Å². The van der Waals surface area contributed by atoms with E-state index >= 15 is 0 Å². The molecule has 13 heavy (non-hydrogen) atoms. The fourth-order valence-electron chi connectivity index (χ4n) is 1.57. The van der Waals surface area contributed by atoms with Crippen LogP contribution in [0, 0.1) is 17.2 Å². The van der Waals surface area contributed by atoms with E-state index in [4.69, 9.17) is 5.26 Å². The van der Waals surface area contributed by atoms with Crippen molar-refractivity contribution in [1.82, 2.24) is 4.72 Å². The summed E-state index contributed by atoms with van der Waals surface area (Å²) in [5.74, 6) is -0.0527. The van der Waals surface area contributed by atoms with Gasteiger partial charge in [0.25, 0.3) is 0 Å². The fourth-order valence-corrected chi connectivity index (χ4v) is 2.48. The normalized spacial score (nSPS) is 28.6. The van der Waals surface area contributed by atoms with Gasteiger partial charge in [0, 0.05) is 6.04 Å². The summed E-state index contributed by atoms with van der Waals surface area (Å²) in [7, 11) is -3.15. The monoisotopic (exact) mass is 202 g/mol. The first-order valence-corrected chi connectivity index (χ1v) is 6.14. The first-order chi connectivity index (χ1) is 6.09. The molecule has 0 radical (unpaired) electrons. The number of nitriles is 1. The Morgan fingerprint density at radius 3 is 2.77 bits per heavy atom. The molecule has 1 rings (SSSR count). The molecule has 0 spiro atoms. The summed E-state index contributed by atoms with van der Waals surface area (Å²) in [5.41, 5.74) is 0. The summed E-state index contributed by atoms with van der Waals surface area (Å²) in [5, 5.41) is 8.72. The van der Waals surface area contributed by atoms with Gasteiger partial charge in [-0.05, 0) is 19.8 Å². The smallest absolute Gasteiger partial charge is 0.211 e. The van der Waals surface area contributed by atoms with E-state index in [0.717, 1.165) is 19.3 Å². The third kappa shape index (κ3) is 2.68. The predicted octanol–water partition coefficient (Wildman–Crippen LogP) is 0.618. The Morgan fingerprint density at radius 2 is 2.23 bits per heavy atom. The quantitative estimate of drug-likeness (QED) is 0.729. The largest absolute Gasteiger partial charge is 0.212 e. The van der Waals surface area contributed by atoms with Crippen molar-refractivity contribution in [2.24, 2.45) is 5.92 Å². The van der Waals surface area contributed by atoms with E-state index in [1.807, 2.05) is 0 Å². The second kappa shape index (κ2) is 4.07. The molecule has 0 aliphatic heterocycles. The summed E-state index contributed by atoms with van der Waals surface area (Å²) in [4.78, 5) is 0. The molecule has 1 fully saturated rings. The van der Waals surface area contributed by atoms with Crippen LogP contribution in [0.5, 0.6) is 0 Å². The molecule has 0 aromatic heterocycles. The molecule has 0 heterocycles. The minimum absolute atomic E-state index is 0.0850. The lowest BCUT2D eigenvalue weighted by molar-refractivity contribution is 0.516. The molecule has 1 N–H and O–H groups in total. The zero-order valence-corrected chi connectivity index (χ0v) is 8.47. The van der Waals surface area contributed by atoms with Gasteiger partial charge in [-0.2, -0.15) is 5.26 Å². The van der Waals surface area contributed by atoms with Crippen molar-refractivity contribution in [2.45, 2.75) is 32.2 Å². The molecule has 1 aliphatic rings. The van der Waals surface area contributed by atoms with E-state index in [-0.39, 0.29) is 17.7 Å². The van der Waals surface area contributed by atoms with Crippen molar-refractivity contribution in [3.63, 3.8) is 0 Å². The SMILES string of the molecule is CCS(=O)(=O)NC1CCCC1C#N. The molecular weight excluding hydrogens is 188 g/mol. The molecule has 0 aromatic carbocycles. The second-order valence-electron chi connectivity index (χ2n) is 3.29. The van der Waals surface area contributed by atoms with Crippen molar-refractivity contribution in [1.29, 1.82) is 5.26 Å². The van der Waals surface area contributed by atoms with Crippen LogP contribution in [0.25, 0.3) is 0 Å². The predicted molar refractivity (Wildman–Crippen MR) is 49.3 cm³/mol. The summed E-state index contributed by atoms with van der Waals surface area (Å²) in [6.07, 6.45) is 2.54. The van der Waals surface area contributed by atoms with Crippen LogP contribution in [-0.2, 0) is 10.0 Å². The third-order valence-corrected chi connectivity index (χ3v) is 3.81. The van der Waals surface area contributed by atoms with Crippen LogP contribution in [0.15, 0.2) is 0 Å². The average Bonchev–Trinajstić information content (AvgIpc) is 2.51.